The summed E-state index contributed by atoms with van der Waals surface area (Å²) in [7, 11) is -0.704. The fourth-order valence-electron chi connectivity index (χ4n) is 2.34. The van der Waals surface area contributed by atoms with Crippen LogP contribution in [0.15, 0.2) is 6.20 Å². The molecule has 1 aliphatic rings. The van der Waals surface area contributed by atoms with Crippen LogP contribution in [0.4, 0.5) is 0 Å². The maximum atomic E-state index is 12.2. The lowest BCUT2D eigenvalue weighted by Gasteiger charge is -2.22. The van der Waals surface area contributed by atoms with Gasteiger partial charge < -0.3 is 11.1 Å². The van der Waals surface area contributed by atoms with E-state index >= 15 is 0 Å². The summed E-state index contributed by atoms with van der Waals surface area (Å²) in [6.45, 7) is 3.24. The van der Waals surface area contributed by atoms with Crippen LogP contribution < -0.4 is 11.1 Å². The molecule has 1 saturated heterocycles. The maximum absolute atomic E-state index is 12.2. The van der Waals surface area contributed by atoms with Crippen molar-refractivity contribution in [3.05, 3.63) is 17.5 Å². The van der Waals surface area contributed by atoms with Crippen molar-refractivity contribution < 1.29 is 9.00 Å². The van der Waals surface area contributed by atoms with E-state index in [2.05, 4.69) is 10.4 Å². The topological polar surface area (TPSA) is 90.0 Å². The Kier molecular flexibility index (Phi) is 5.31. The van der Waals surface area contributed by atoms with Gasteiger partial charge in [-0.3, -0.25) is 13.7 Å². The van der Waals surface area contributed by atoms with Crippen LogP contribution in [0.1, 0.15) is 35.3 Å². The first kappa shape index (κ1) is 15.2. The average molecular weight is 298 g/mol. The third-order valence-electron chi connectivity index (χ3n) is 3.65. The number of aryl methyl sites for hydroxylation is 1. The van der Waals surface area contributed by atoms with Gasteiger partial charge in [0.15, 0.2) is 0 Å². The highest BCUT2D eigenvalue weighted by atomic mass is 32.2. The van der Waals surface area contributed by atoms with Gasteiger partial charge in [-0.1, -0.05) is 0 Å². The van der Waals surface area contributed by atoms with Crippen molar-refractivity contribution in [3.63, 3.8) is 0 Å². The molecule has 0 aliphatic carbocycles. The van der Waals surface area contributed by atoms with E-state index in [0.717, 1.165) is 31.5 Å². The summed E-state index contributed by atoms with van der Waals surface area (Å²) in [4.78, 5) is 12.2. The fraction of sp³-hybridized carbons (Fsp3) is 0.692. The standard InChI is InChI=1S/C13H22N4O2S/c1-10-12(9-15-17(10)6-2-5-14)13(18)16-11-3-7-20(19)8-4-11/h9,11H,2-8,14H2,1H3,(H,16,18). The lowest BCUT2D eigenvalue weighted by molar-refractivity contribution is 0.0934. The number of hydrogen-bond donors (Lipinski definition) is 2. The number of nitrogens with zero attached hydrogens (tertiary/aromatic N) is 2. The molecule has 3 N–H and O–H groups in total. The largest absolute Gasteiger partial charge is 0.349 e. The minimum absolute atomic E-state index is 0.0841. The van der Waals surface area contributed by atoms with E-state index in [-0.39, 0.29) is 11.9 Å². The monoisotopic (exact) mass is 298 g/mol. The average Bonchev–Trinajstić information content (AvgIpc) is 2.80. The minimum atomic E-state index is -0.704. The van der Waals surface area contributed by atoms with Crippen LogP contribution in [0.3, 0.4) is 0 Å². The highest BCUT2D eigenvalue weighted by Crippen LogP contribution is 2.12. The zero-order valence-electron chi connectivity index (χ0n) is 11.8. The van der Waals surface area contributed by atoms with Crippen molar-refractivity contribution >= 4 is 16.7 Å². The maximum Gasteiger partial charge on any atom is 0.254 e. The Bertz CT molecular complexity index is 491. The number of rotatable bonds is 5. The molecular weight excluding hydrogens is 276 g/mol. The molecule has 1 aromatic heterocycles. The van der Waals surface area contributed by atoms with E-state index in [1.807, 2.05) is 11.6 Å². The first-order chi connectivity index (χ1) is 9.61. The van der Waals surface area contributed by atoms with E-state index in [1.54, 1.807) is 6.20 Å². The fourth-order valence-corrected chi connectivity index (χ4v) is 3.64. The van der Waals surface area contributed by atoms with E-state index in [9.17, 15) is 9.00 Å². The lowest BCUT2D eigenvalue weighted by Crippen LogP contribution is -2.39. The number of nitrogens with two attached hydrogens (primary N) is 1. The Morgan fingerprint density at radius 2 is 2.25 bits per heavy atom. The SMILES string of the molecule is Cc1c(C(=O)NC2CCS(=O)CC2)cnn1CCCN. The van der Waals surface area contributed by atoms with Crippen LogP contribution in [0.25, 0.3) is 0 Å². The molecule has 2 heterocycles. The highest BCUT2D eigenvalue weighted by Gasteiger charge is 2.22. The molecule has 0 bridgehead atoms. The second-order valence-electron chi connectivity index (χ2n) is 5.10. The molecule has 1 aromatic rings. The molecule has 0 radical (unpaired) electrons. The van der Waals surface area contributed by atoms with Crippen LogP contribution in [-0.4, -0.2) is 44.0 Å². The molecule has 1 amide bonds. The van der Waals surface area contributed by atoms with Crippen LogP contribution in [0, 0.1) is 6.92 Å². The first-order valence-corrected chi connectivity index (χ1v) is 8.49. The Hall–Kier alpha value is -1.21. The summed E-state index contributed by atoms with van der Waals surface area (Å²) in [5.74, 6) is 1.28. The third kappa shape index (κ3) is 3.67. The van der Waals surface area contributed by atoms with Gasteiger partial charge in [0.2, 0.25) is 0 Å². The quantitative estimate of drug-likeness (QED) is 0.811. The molecule has 1 aliphatic heterocycles. The molecule has 112 valence electrons. The number of aromatic nitrogens is 2. The van der Waals surface area contributed by atoms with Crippen molar-refractivity contribution in [1.29, 1.82) is 0 Å². The smallest absolute Gasteiger partial charge is 0.254 e. The van der Waals surface area contributed by atoms with E-state index in [0.29, 0.717) is 23.6 Å². The summed E-state index contributed by atoms with van der Waals surface area (Å²) in [5, 5.41) is 7.25. The Balaban J connectivity index is 1.95. The molecular formula is C13H22N4O2S. The summed E-state index contributed by atoms with van der Waals surface area (Å²) in [6.07, 6.45) is 4.04. The normalized spacial score (nSPS) is 22.7. The first-order valence-electron chi connectivity index (χ1n) is 7.00. The number of amides is 1. The molecule has 20 heavy (non-hydrogen) atoms. The Morgan fingerprint density at radius 1 is 1.55 bits per heavy atom. The van der Waals surface area contributed by atoms with Crippen molar-refractivity contribution in [3.8, 4) is 0 Å². The number of carbonyl (C=O) groups is 1. The predicted octanol–water partition coefficient (Wildman–Crippen LogP) is 0.181. The molecule has 1 fully saturated rings. The molecule has 7 heteroatoms. The number of carbonyl (C=O) groups excluding carboxylic acids is 1. The van der Waals surface area contributed by atoms with Crippen LogP contribution in [0.5, 0.6) is 0 Å². The van der Waals surface area contributed by atoms with Crippen LogP contribution in [0.2, 0.25) is 0 Å². The van der Waals surface area contributed by atoms with E-state index in [1.165, 1.54) is 0 Å². The summed E-state index contributed by atoms with van der Waals surface area (Å²) < 4.78 is 13.1. The Morgan fingerprint density at radius 3 is 2.90 bits per heavy atom. The number of nitrogens with one attached hydrogen (secondary N) is 1. The number of hydrogen-bond acceptors (Lipinski definition) is 4. The van der Waals surface area contributed by atoms with Gasteiger partial charge in [-0.05, 0) is 32.7 Å². The van der Waals surface area contributed by atoms with Gasteiger partial charge in [-0.15, -0.1) is 0 Å². The lowest BCUT2D eigenvalue weighted by atomic mass is 10.1. The second-order valence-corrected chi connectivity index (χ2v) is 6.80. The second kappa shape index (κ2) is 6.99. The zero-order valence-corrected chi connectivity index (χ0v) is 12.6. The van der Waals surface area contributed by atoms with Gasteiger partial charge in [0, 0.05) is 40.6 Å². The summed E-state index contributed by atoms with van der Waals surface area (Å²) in [5.41, 5.74) is 6.97. The molecule has 0 aromatic carbocycles. The predicted molar refractivity (Wildman–Crippen MR) is 79.0 cm³/mol. The minimum Gasteiger partial charge on any atom is -0.349 e. The molecule has 0 saturated carbocycles. The van der Waals surface area contributed by atoms with Crippen molar-refractivity contribution in [2.75, 3.05) is 18.1 Å². The van der Waals surface area contributed by atoms with Gasteiger partial charge in [-0.2, -0.15) is 5.10 Å². The van der Waals surface area contributed by atoms with E-state index in [4.69, 9.17) is 5.73 Å². The van der Waals surface area contributed by atoms with Gasteiger partial charge in [0.05, 0.1) is 11.8 Å². The van der Waals surface area contributed by atoms with Gasteiger partial charge in [-0.25, -0.2) is 0 Å². The van der Waals surface area contributed by atoms with Crippen LogP contribution >= 0.6 is 0 Å². The van der Waals surface area contributed by atoms with Gasteiger partial charge in [0.25, 0.3) is 5.91 Å². The molecule has 2 rings (SSSR count). The third-order valence-corrected chi connectivity index (χ3v) is 5.03. The molecule has 6 nitrogen and oxygen atoms in total. The van der Waals surface area contributed by atoms with Gasteiger partial charge in [0.1, 0.15) is 0 Å². The zero-order chi connectivity index (χ0) is 14.5. The van der Waals surface area contributed by atoms with Crippen molar-refractivity contribution in [2.24, 2.45) is 5.73 Å². The Labute approximate surface area is 121 Å². The van der Waals surface area contributed by atoms with Crippen molar-refractivity contribution in [2.45, 2.75) is 38.8 Å². The summed E-state index contributed by atoms with van der Waals surface area (Å²) in [6, 6.07) is 0.131. The highest BCUT2D eigenvalue weighted by molar-refractivity contribution is 7.85. The van der Waals surface area contributed by atoms with Crippen LogP contribution in [-0.2, 0) is 17.3 Å². The van der Waals surface area contributed by atoms with Gasteiger partial charge >= 0.3 is 0 Å². The molecule has 0 atom stereocenters. The molecule has 0 spiro atoms. The summed E-state index contributed by atoms with van der Waals surface area (Å²) >= 11 is 0. The van der Waals surface area contributed by atoms with Crippen molar-refractivity contribution in [1.82, 2.24) is 15.1 Å². The molecule has 0 unspecified atom stereocenters. The van der Waals surface area contributed by atoms with E-state index < -0.39 is 10.8 Å².